The fourth-order valence-electron chi connectivity index (χ4n) is 2.93. The van der Waals surface area contributed by atoms with E-state index in [-0.39, 0.29) is 16.9 Å². The molecule has 0 aliphatic rings. The van der Waals surface area contributed by atoms with Gasteiger partial charge in [0.25, 0.3) is 0 Å². The van der Waals surface area contributed by atoms with E-state index in [1.54, 1.807) is 45.2 Å². The Hall–Kier alpha value is -3.14. The van der Waals surface area contributed by atoms with Crippen molar-refractivity contribution in [3.05, 3.63) is 87.1 Å². The molecule has 9 heteroatoms. The summed E-state index contributed by atoms with van der Waals surface area (Å²) in [5, 5.41) is 15.8. The van der Waals surface area contributed by atoms with E-state index in [2.05, 4.69) is 10.4 Å². The summed E-state index contributed by atoms with van der Waals surface area (Å²) in [6.07, 6.45) is 0.336. The summed E-state index contributed by atoms with van der Waals surface area (Å²) in [7, 11) is 0. The Kier molecular flexibility index (Phi) is 6.73. The molecule has 3 aromatic rings. The highest BCUT2D eigenvalue weighted by molar-refractivity contribution is 7.10. The summed E-state index contributed by atoms with van der Waals surface area (Å²) in [4.78, 5) is 30.9. The highest BCUT2D eigenvalue weighted by Gasteiger charge is 2.41. The maximum Gasteiger partial charge on any atom is 0.542 e. The number of nitrogens with zero attached hydrogens (tertiary/aromatic N) is 2. The van der Waals surface area contributed by atoms with Crippen molar-refractivity contribution >= 4 is 29.0 Å². The minimum atomic E-state index is -1.61. The molecule has 0 fully saturated rings. The molecule has 1 N–H and O–H groups in total. The van der Waals surface area contributed by atoms with Gasteiger partial charge in [0.1, 0.15) is 11.4 Å². The van der Waals surface area contributed by atoms with Crippen LogP contribution in [0.1, 0.15) is 54.5 Å². The van der Waals surface area contributed by atoms with Crippen molar-refractivity contribution in [2.24, 2.45) is 0 Å². The smallest absolute Gasteiger partial charge is 0.542 e. The van der Waals surface area contributed by atoms with Crippen LogP contribution < -0.4 is 5.43 Å². The monoisotopic (exact) mass is 457 g/mol. The fourth-order valence-corrected chi connectivity index (χ4v) is 3.75. The van der Waals surface area contributed by atoms with Crippen LogP contribution in [-0.2, 0) is 4.74 Å². The van der Waals surface area contributed by atoms with Crippen molar-refractivity contribution in [1.29, 1.82) is 0 Å². The number of thiophene rings is 1. The SMILES string of the molecule is CC(c1cccs1)[N+]([O-])(Nc1ncccc1C(=O)c1ccc(F)cc1)C(=O)OC(C)(C)C. The average molecular weight is 458 g/mol. The molecule has 1 amide bonds. The Bertz CT molecular complexity index is 1100. The molecule has 0 saturated carbocycles. The molecule has 0 aliphatic carbocycles. The van der Waals surface area contributed by atoms with E-state index in [4.69, 9.17) is 4.74 Å². The molecule has 0 aliphatic heterocycles. The van der Waals surface area contributed by atoms with Crippen molar-refractivity contribution in [2.75, 3.05) is 5.43 Å². The minimum Gasteiger partial charge on any atom is -0.596 e. The Balaban J connectivity index is 2.02. The van der Waals surface area contributed by atoms with Crippen LogP contribution in [-0.4, -0.2) is 27.2 Å². The average Bonchev–Trinajstić information content (AvgIpc) is 3.27. The van der Waals surface area contributed by atoms with E-state index in [9.17, 15) is 19.2 Å². The normalized spacial score (nSPS) is 14.3. The first-order valence-electron chi connectivity index (χ1n) is 9.91. The van der Waals surface area contributed by atoms with Crippen LogP contribution in [0.2, 0.25) is 0 Å². The number of benzene rings is 1. The molecule has 2 aromatic heterocycles. The number of hydrogen-bond acceptors (Lipinski definition) is 7. The standard InChI is InChI=1S/C23H24FN3O4S/c1-15(19-8-6-14-32-19)27(30,22(29)31-23(2,3)4)26-21-18(7-5-13-25-21)20(28)16-9-11-17(24)12-10-16/h5-15H,1-4H3,(H,25,26). The van der Waals surface area contributed by atoms with Crippen LogP contribution in [0.5, 0.6) is 0 Å². The van der Waals surface area contributed by atoms with Gasteiger partial charge in [0, 0.05) is 11.8 Å². The molecule has 3 rings (SSSR count). The Morgan fingerprint density at radius 3 is 2.44 bits per heavy atom. The number of hydrogen-bond donors (Lipinski definition) is 1. The van der Waals surface area contributed by atoms with Gasteiger partial charge in [-0.1, -0.05) is 6.07 Å². The van der Waals surface area contributed by atoms with Gasteiger partial charge in [-0.15, -0.1) is 16.1 Å². The maximum absolute atomic E-state index is 14.0. The maximum atomic E-state index is 14.0. The number of carbonyl (C=O) groups excluding carboxylic acids is 2. The number of halogens is 1. The lowest BCUT2D eigenvalue weighted by Crippen LogP contribution is -2.55. The number of amides is 1. The highest BCUT2D eigenvalue weighted by atomic mass is 32.1. The number of rotatable bonds is 6. The van der Waals surface area contributed by atoms with Crippen LogP contribution in [0.25, 0.3) is 0 Å². The third-order valence-corrected chi connectivity index (χ3v) is 5.64. The predicted molar refractivity (Wildman–Crippen MR) is 120 cm³/mol. The van der Waals surface area contributed by atoms with Gasteiger partial charge in [0.15, 0.2) is 17.6 Å². The molecular weight excluding hydrogens is 433 g/mol. The Morgan fingerprint density at radius 2 is 1.84 bits per heavy atom. The van der Waals surface area contributed by atoms with E-state index in [0.29, 0.717) is 4.88 Å². The van der Waals surface area contributed by atoms with Gasteiger partial charge in [-0.3, -0.25) is 4.79 Å². The van der Waals surface area contributed by atoms with Gasteiger partial charge in [0.05, 0.1) is 10.4 Å². The van der Waals surface area contributed by atoms with Crippen molar-refractivity contribution < 1.29 is 23.5 Å². The lowest BCUT2D eigenvalue weighted by Gasteiger charge is -2.42. The quantitative estimate of drug-likeness (QED) is 0.284. The van der Waals surface area contributed by atoms with Gasteiger partial charge >= 0.3 is 6.09 Å². The Morgan fingerprint density at radius 1 is 1.16 bits per heavy atom. The van der Waals surface area contributed by atoms with Gasteiger partial charge in [-0.05, 0) is 75.5 Å². The summed E-state index contributed by atoms with van der Waals surface area (Å²) in [5.41, 5.74) is 1.99. The molecule has 2 unspecified atom stereocenters. The number of quaternary nitrogens is 1. The van der Waals surface area contributed by atoms with Crippen molar-refractivity contribution in [2.45, 2.75) is 39.3 Å². The van der Waals surface area contributed by atoms with E-state index in [1.807, 2.05) is 0 Å². The highest BCUT2D eigenvalue weighted by Crippen LogP contribution is 2.34. The van der Waals surface area contributed by atoms with Crippen LogP contribution in [0.3, 0.4) is 0 Å². The third-order valence-electron chi connectivity index (χ3n) is 4.60. The first kappa shape index (κ1) is 23.5. The minimum absolute atomic E-state index is 0.0689. The fraction of sp³-hybridized carbons (Fsp3) is 0.261. The zero-order valence-corrected chi connectivity index (χ0v) is 19.0. The molecule has 2 heterocycles. The summed E-state index contributed by atoms with van der Waals surface area (Å²) < 4.78 is 17.1. The van der Waals surface area contributed by atoms with Crippen molar-refractivity contribution in [3.8, 4) is 0 Å². The summed E-state index contributed by atoms with van der Waals surface area (Å²) in [6.45, 7) is 6.58. The van der Waals surface area contributed by atoms with Crippen LogP contribution in [0, 0.1) is 11.0 Å². The second-order valence-electron chi connectivity index (χ2n) is 8.18. The number of anilines is 1. The van der Waals surface area contributed by atoms with Crippen LogP contribution in [0.15, 0.2) is 60.1 Å². The number of hydroxylamine groups is 2. The Labute approximate surface area is 189 Å². The predicted octanol–water partition coefficient (Wildman–Crippen LogP) is 5.85. The molecule has 0 radical (unpaired) electrons. The first-order valence-corrected chi connectivity index (χ1v) is 10.8. The van der Waals surface area contributed by atoms with Crippen molar-refractivity contribution in [3.63, 3.8) is 0 Å². The van der Waals surface area contributed by atoms with E-state index in [1.165, 1.54) is 53.9 Å². The number of pyridine rings is 1. The third kappa shape index (κ3) is 5.18. The number of aromatic nitrogens is 1. The lowest BCUT2D eigenvalue weighted by molar-refractivity contribution is -0.817. The number of ether oxygens (including phenoxy) is 1. The molecule has 2 atom stereocenters. The van der Waals surface area contributed by atoms with E-state index in [0.717, 1.165) is 0 Å². The first-order chi connectivity index (χ1) is 15.0. The van der Waals surface area contributed by atoms with Gasteiger partial charge in [-0.2, -0.15) is 4.79 Å². The van der Waals surface area contributed by atoms with E-state index < -0.39 is 34.1 Å². The second-order valence-corrected chi connectivity index (χ2v) is 9.16. The number of ketones is 1. The topological polar surface area (TPSA) is 91.4 Å². The molecule has 7 nitrogen and oxygen atoms in total. The van der Waals surface area contributed by atoms with Gasteiger partial charge in [0.2, 0.25) is 0 Å². The van der Waals surface area contributed by atoms with Gasteiger partial charge in [-0.25, -0.2) is 14.8 Å². The molecule has 0 saturated heterocycles. The summed E-state index contributed by atoms with van der Waals surface area (Å²) in [5.74, 6) is -1.03. The molecule has 1 aromatic carbocycles. The van der Waals surface area contributed by atoms with Gasteiger partial charge < -0.3 is 9.94 Å². The number of nitrogens with one attached hydrogen (secondary N) is 1. The van der Waals surface area contributed by atoms with Crippen LogP contribution in [0.4, 0.5) is 15.0 Å². The molecular formula is C23H24FN3O4S. The molecule has 32 heavy (non-hydrogen) atoms. The second kappa shape index (κ2) is 9.15. The zero-order valence-electron chi connectivity index (χ0n) is 18.2. The number of carbonyl (C=O) groups is 2. The lowest BCUT2D eigenvalue weighted by atomic mass is 10.0. The molecule has 0 spiro atoms. The summed E-state index contributed by atoms with van der Waals surface area (Å²) >= 11 is 1.33. The molecule has 168 valence electrons. The van der Waals surface area contributed by atoms with E-state index >= 15 is 0 Å². The molecule has 0 bridgehead atoms. The van der Waals surface area contributed by atoms with Crippen LogP contribution >= 0.6 is 11.3 Å². The zero-order chi connectivity index (χ0) is 23.5. The summed E-state index contributed by atoms with van der Waals surface area (Å²) in [6, 6.07) is 10.7. The largest absolute Gasteiger partial charge is 0.596 e. The van der Waals surface area contributed by atoms with Crippen molar-refractivity contribution in [1.82, 2.24) is 4.98 Å².